The smallest absolute Gasteiger partial charge is 0.0650 e. The van der Waals surface area contributed by atoms with Crippen LogP contribution in [0.15, 0.2) is 36.4 Å². The third-order valence-electron chi connectivity index (χ3n) is 3.19. The van der Waals surface area contributed by atoms with Crippen molar-refractivity contribution >= 4 is 6.08 Å². The van der Waals surface area contributed by atoms with Crippen molar-refractivity contribution in [3.63, 3.8) is 0 Å². The maximum absolute atomic E-state index is 5.61. The van der Waals surface area contributed by atoms with Crippen molar-refractivity contribution in [2.75, 3.05) is 19.8 Å². The van der Waals surface area contributed by atoms with Gasteiger partial charge in [-0.1, -0.05) is 55.3 Å². The van der Waals surface area contributed by atoms with E-state index in [1.165, 1.54) is 24.8 Å². The van der Waals surface area contributed by atoms with Gasteiger partial charge >= 0.3 is 0 Å². The minimum atomic E-state index is 0.244. The molecular formula is C19H31NO. The molecule has 0 unspecified atom stereocenters. The summed E-state index contributed by atoms with van der Waals surface area (Å²) in [6, 6.07) is 10.3. The monoisotopic (exact) mass is 289 g/mol. The average Bonchev–Trinajstić information content (AvgIpc) is 2.44. The van der Waals surface area contributed by atoms with E-state index >= 15 is 0 Å². The Hall–Kier alpha value is -1.12. The third-order valence-corrected chi connectivity index (χ3v) is 3.19. The molecular weight excluding hydrogens is 258 g/mol. The van der Waals surface area contributed by atoms with E-state index in [0.29, 0.717) is 6.61 Å². The number of benzene rings is 1. The Balaban J connectivity index is 1.88. The maximum atomic E-state index is 5.61. The van der Waals surface area contributed by atoms with Crippen LogP contribution in [0.2, 0.25) is 0 Å². The normalized spacial score (nSPS) is 12.1. The van der Waals surface area contributed by atoms with Gasteiger partial charge in [-0.05, 0) is 45.7 Å². The van der Waals surface area contributed by atoms with Crippen LogP contribution in [0.1, 0.15) is 52.0 Å². The molecule has 0 saturated heterocycles. The van der Waals surface area contributed by atoms with Crippen LogP contribution in [-0.4, -0.2) is 25.3 Å². The quantitative estimate of drug-likeness (QED) is 0.632. The van der Waals surface area contributed by atoms with Crippen molar-refractivity contribution in [2.45, 2.75) is 52.0 Å². The van der Waals surface area contributed by atoms with Gasteiger partial charge in [0.15, 0.2) is 0 Å². The Labute approximate surface area is 130 Å². The molecule has 1 aromatic rings. The number of hydrogen-bond donors (Lipinski definition) is 1. The molecule has 0 heterocycles. The molecule has 0 bridgehead atoms. The molecule has 21 heavy (non-hydrogen) atoms. The van der Waals surface area contributed by atoms with Gasteiger partial charge in [-0.15, -0.1) is 0 Å². The van der Waals surface area contributed by atoms with Gasteiger partial charge in [-0.3, -0.25) is 0 Å². The van der Waals surface area contributed by atoms with E-state index in [0.717, 1.165) is 19.6 Å². The number of unbranched alkanes of at least 4 members (excludes halogenated alkanes) is 3. The second-order valence-corrected chi connectivity index (χ2v) is 6.48. The summed E-state index contributed by atoms with van der Waals surface area (Å²) in [7, 11) is 0. The van der Waals surface area contributed by atoms with E-state index in [1.807, 2.05) is 6.07 Å². The molecule has 2 heteroatoms. The van der Waals surface area contributed by atoms with Crippen LogP contribution in [0.25, 0.3) is 6.08 Å². The second kappa shape index (κ2) is 10.6. The third kappa shape index (κ3) is 11.2. The predicted octanol–water partition coefficient (Wildman–Crippen LogP) is 4.66. The Bertz CT molecular complexity index is 378. The highest BCUT2D eigenvalue weighted by molar-refractivity contribution is 5.48. The highest BCUT2D eigenvalue weighted by Crippen LogP contribution is 2.03. The lowest BCUT2D eigenvalue weighted by Crippen LogP contribution is -2.36. The van der Waals surface area contributed by atoms with Gasteiger partial charge in [-0.25, -0.2) is 0 Å². The van der Waals surface area contributed by atoms with Crippen LogP contribution in [-0.2, 0) is 4.74 Å². The lowest BCUT2D eigenvalue weighted by Gasteiger charge is -2.20. The number of rotatable bonds is 10. The molecule has 2 nitrogen and oxygen atoms in total. The fraction of sp³-hybridized carbons (Fsp3) is 0.579. The molecule has 0 radical (unpaired) electrons. The fourth-order valence-electron chi connectivity index (χ4n) is 2.05. The molecule has 0 aliphatic rings. The first-order valence-corrected chi connectivity index (χ1v) is 8.12. The number of hydrogen-bond acceptors (Lipinski definition) is 2. The Morgan fingerprint density at radius 1 is 1.00 bits per heavy atom. The summed E-state index contributed by atoms with van der Waals surface area (Å²) in [4.78, 5) is 0. The van der Waals surface area contributed by atoms with Gasteiger partial charge in [0.25, 0.3) is 0 Å². The molecule has 0 amide bonds. The lowest BCUT2D eigenvalue weighted by molar-refractivity contribution is 0.157. The molecule has 0 saturated carbocycles. The van der Waals surface area contributed by atoms with E-state index in [2.05, 4.69) is 62.5 Å². The summed E-state index contributed by atoms with van der Waals surface area (Å²) in [6.07, 6.45) is 9.15. The number of nitrogens with one attached hydrogen (secondary N) is 1. The molecule has 0 aromatic heterocycles. The van der Waals surface area contributed by atoms with Crippen LogP contribution >= 0.6 is 0 Å². The van der Waals surface area contributed by atoms with Crippen LogP contribution in [0, 0.1) is 0 Å². The van der Waals surface area contributed by atoms with E-state index in [4.69, 9.17) is 4.74 Å². The van der Waals surface area contributed by atoms with Gasteiger partial charge in [0.05, 0.1) is 6.61 Å². The Morgan fingerprint density at radius 2 is 1.71 bits per heavy atom. The summed E-state index contributed by atoms with van der Waals surface area (Å²) in [6.45, 7) is 9.33. The summed E-state index contributed by atoms with van der Waals surface area (Å²) < 4.78 is 5.61. The molecule has 0 aliphatic carbocycles. The second-order valence-electron chi connectivity index (χ2n) is 6.48. The standard InChI is InChI=1S/C19H31NO/c1-19(2,3)20-15-9-4-5-10-16-21-17-11-14-18-12-7-6-8-13-18/h6-8,11-14,20H,4-5,9-10,15-17H2,1-3H3. The maximum Gasteiger partial charge on any atom is 0.0650 e. The molecule has 0 aliphatic heterocycles. The first-order chi connectivity index (χ1) is 10.1. The zero-order chi connectivity index (χ0) is 15.4. The Kier molecular flexibility index (Phi) is 9.04. The summed E-state index contributed by atoms with van der Waals surface area (Å²) in [5.74, 6) is 0. The topological polar surface area (TPSA) is 21.3 Å². The zero-order valence-electron chi connectivity index (χ0n) is 13.9. The van der Waals surface area contributed by atoms with E-state index < -0.39 is 0 Å². The summed E-state index contributed by atoms with van der Waals surface area (Å²) in [5, 5.41) is 3.52. The fourth-order valence-corrected chi connectivity index (χ4v) is 2.05. The van der Waals surface area contributed by atoms with E-state index in [-0.39, 0.29) is 5.54 Å². The Morgan fingerprint density at radius 3 is 2.43 bits per heavy atom. The minimum absolute atomic E-state index is 0.244. The predicted molar refractivity (Wildman–Crippen MR) is 92.5 cm³/mol. The summed E-state index contributed by atoms with van der Waals surface area (Å²) in [5.41, 5.74) is 1.47. The molecule has 0 fully saturated rings. The van der Waals surface area contributed by atoms with E-state index in [9.17, 15) is 0 Å². The van der Waals surface area contributed by atoms with Gasteiger partial charge in [0.2, 0.25) is 0 Å². The molecule has 1 N–H and O–H groups in total. The van der Waals surface area contributed by atoms with Crippen LogP contribution < -0.4 is 5.32 Å². The van der Waals surface area contributed by atoms with E-state index in [1.54, 1.807) is 0 Å². The average molecular weight is 289 g/mol. The van der Waals surface area contributed by atoms with Gasteiger partial charge in [-0.2, -0.15) is 0 Å². The molecule has 1 rings (SSSR count). The van der Waals surface area contributed by atoms with Gasteiger partial charge in [0, 0.05) is 12.1 Å². The molecule has 0 spiro atoms. The van der Waals surface area contributed by atoms with Crippen molar-refractivity contribution in [1.29, 1.82) is 0 Å². The highest BCUT2D eigenvalue weighted by atomic mass is 16.5. The molecule has 1 aromatic carbocycles. The summed E-state index contributed by atoms with van der Waals surface area (Å²) >= 11 is 0. The molecule has 0 atom stereocenters. The minimum Gasteiger partial charge on any atom is -0.377 e. The first kappa shape index (κ1) is 17.9. The highest BCUT2D eigenvalue weighted by Gasteiger charge is 2.06. The van der Waals surface area contributed by atoms with Crippen LogP contribution in [0.3, 0.4) is 0 Å². The SMILES string of the molecule is CC(C)(C)NCCCCCCOCC=Cc1ccccc1. The largest absolute Gasteiger partial charge is 0.377 e. The van der Waals surface area contributed by atoms with Crippen molar-refractivity contribution in [1.82, 2.24) is 5.32 Å². The van der Waals surface area contributed by atoms with Gasteiger partial charge in [0.1, 0.15) is 0 Å². The van der Waals surface area contributed by atoms with Crippen molar-refractivity contribution in [3.8, 4) is 0 Å². The molecule has 118 valence electrons. The van der Waals surface area contributed by atoms with Crippen molar-refractivity contribution in [2.24, 2.45) is 0 Å². The van der Waals surface area contributed by atoms with Crippen LogP contribution in [0.5, 0.6) is 0 Å². The first-order valence-electron chi connectivity index (χ1n) is 8.12. The lowest BCUT2D eigenvalue weighted by atomic mass is 10.1. The zero-order valence-corrected chi connectivity index (χ0v) is 13.9. The van der Waals surface area contributed by atoms with Crippen molar-refractivity contribution < 1.29 is 4.74 Å². The van der Waals surface area contributed by atoms with Crippen LogP contribution in [0.4, 0.5) is 0 Å². The van der Waals surface area contributed by atoms with Crippen molar-refractivity contribution in [3.05, 3.63) is 42.0 Å². The van der Waals surface area contributed by atoms with Gasteiger partial charge < -0.3 is 10.1 Å². The number of ether oxygens (including phenoxy) is 1.